The minimum atomic E-state index is 0.580. The number of halogens is 1. The first kappa shape index (κ1) is 15.4. The molecule has 21 heavy (non-hydrogen) atoms. The van der Waals surface area contributed by atoms with E-state index in [0.29, 0.717) is 18.1 Å². The van der Waals surface area contributed by atoms with Crippen LogP contribution in [-0.4, -0.2) is 19.9 Å². The molecule has 0 aliphatic heterocycles. The van der Waals surface area contributed by atoms with Crippen molar-refractivity contribution in [1.29, 1.82) is 0 Å². The summed E-state index contributed by atoms with van der Waals surface area (Å²) in [6, 6.07) is 13.9. The Bertz CT molecular complexity index is 615. The summed E-state index contributed by atoms with van der Waals surface area (Å²) in [5.41, 5.74) is 2.08. The molecule has 0 atom stereocenters. The lowest BCUT2D eigenvalue weighted by Crippen LogP contribution is -2.03. The van der Waals surface area contributed by atoms with Crippen molar-refractivity contribution in [3.63, 3.8) is 0 Å². The molecule has 2 rings (SSSR count). The maximum Gasteiger partial charge on any atom is 0.162 e. The molecule has 0 unspecified atom stereocenters. The Morgan fingerprint density at radius 2 is 1.95 bits per heavy atom. The van der Waals surface area contributed by atoms with E-state index in [-0.39, 0.29) is 0 Å². The first-order valence-corrected chi connectivity index (χ1v) is 7.31. The topological polar surface area (TPSA) is 56.8 Å². The van der Waals surface area contributed by atoms with Gasteiger partial charge in [0, 0.05) is 16.5 Å². The van der Waals surface area contributed by atoms with Gasteiger partial charge in [-0.2, -0.15) is 5.10 Å². The maximum absolute atomic E-state index is 5.82. The van der Waals surface area contributed by atoms with Crippen molar-refractivity contribution >= 4 is 22.1 Å². The van der Waals surface area contributed by atoms with E-state index in [1.807, 2.05) is 30.3 Å². The second kappa shape index (κ2) is 7.69. The molecule has 0 fully saturated rings. The van der Waals surface area contributed by atoms with Crippen molar-refractivity contribution in [3.8, 4) is 11.5 Å². The Morgan fingerprint density at radius 1 is 1.19 bits per heavy atom. The van der Waals surface area contributed by atoms with E-state index in [0.717, 1.165) is 16.5 Å². The highest BCUT2D eigenvalue weighted by molar-refractivity contribution is 9.10. The van der Waals surface area contributed by atoms with Crippen molar-refractivity contribution in [3.05, 3.63) is 58.1 Å². The molecule has 0 heterocycles. The quantitative estimate of drug-likeness (QED) is 0.494. The van der Waals surface area contributed by atoms with E-state index >= 15 is 0 Å². The van der Waals surface area contributed by atoms with Gasteiger partial charge in [-0.05, 0) is 33.6 Å². The van der Waals surface area contributed by atoms with Crippen LogP contribution < -0.4 is 15.3 Å². The molecule has 2 aromatic carbocycles. The van der Waals surface area contributed by atoms with Gasteiger partial charge >= 0.3 is 0 Å². The van der Waals surface area contributed by atoms with E-state index in [1.165, 1.54) is 5.56 Å². The Labute approximate surface area is 132 Å². The van der Waals surface area contributed by atoms with Crippen LogP contribution in [-0.2, 0) is 6.42 Å². The summed E-state index contributed by atoms with van der Waals surface area (Å²) >= 11 is 3.47. The molecule has 110 valence electrons. The molecule has 0 saturated carbocycles. The third kappa shape index (κ3) is 4.23. The molecule has 0 bridgehead atoms. The molecule has 2 N–H and O–H groups in total. The van der Waals surface area contributed by atoms with Crippen molar-refractivity contribution < 1.29 is 9.47 Å². The average molecular weight is 349 g/mol. The van der Waals surface area contributed by atoms with Crippen LogP contribution in [0.25, 0.3) is 0 Å². The normalized spacial score (nSPS) is 10.8. The smallest absolute Gasteiger partial charge is 0.162 e. The molecule has 0 saturated heterocycles. The lowest BCUT2D eigenvalue weighted by molar-refractivity contribution is 0.297. The molecule has 0 spiro atoms. The van der Waals surface area contributed by atoms with E-state index in [4.69, 9.17) is 15.3 Å². The number of nitrogens with zero attached hydrogens (tertiary/aromatic N) is 1. The Morgan fingerprint density at radius 3 is 2.62 bits per heavy atom. The van der Waals surface area contributed by atoms with Crippen LogP contribution in [0.1, 0.15) is 11.1 Å². The van der Waals surface area contributed by atoms with Gasteiger partial charge in [0.2, 0.25) is 0 Å². The van der Waals surface area contributed by atoms with Crippen LogP contribution >= 0.6 is 15.9 Å². The largest absolute Gasteiger partial charge is 0.493 e. The standard InChI is InChI=1S/C16H17BrN2O2/c1-20-15-9-13(11-19-18)14(17)10-16(15)21-8-7-12-5-3-2-4-6-12/h2-6,9-11H,7-8,18H2,1H3. The van der Waals surface area contributed by atoms with Gasteiger partial charge in [-0.1, -0.05) is 30.3 Å². The molecule has 0 amide bonds. The fourth-order valence-corrected chi connectivity index (χ4v) is 2.35. The zero-order valence-corrected chi connectivity index (χ0v) is 13.3. The molecular formula is C16H17BrN2O2. The van der Waals surface area contributed by atoms with Gasteiger partial charge in [0.05, 0.1) is 19.9 Å². The maximum atomic E-state index is 5.82. The highest BCUT2D eigenvalue weighted by atomic mass is 79.9. The fraction of sp³-hybridized carbons (Fsp3) is 0.188. The van der Waals surface area contributed by atoms with Gasteiger partial charge in [0.1, 0.15) is 0 Å². The second-order valence-electron chi connectivity index (χ2n) is 4.39. The van der Waals surface area contributed by atoms with E-state index < -0.39 is 0 Å². The van der Waals surface area contributed by atoms with Crippen molar-refractivity contribution in [2.24, 2.45) is 10.9 Å². The van der Waals surface area contributed by atoms with E-state index in [2.05, 4.69) is 33.2 Å². The molecule has 0 aromatic heterocycles. The van der Waals surface area contributed by atoms with E-state index in [9.17, 15) is 0 Å². The molecule has 0 aliphatic rings. The van der Waals surface area contributed by atoms with Crippen LogP contribution in [0.3, 0.4) is 0 Å². The summed E-state index contributed by atoms with van der Waals surface area (Å²) in [7, 11) is 1.61. The predicted octanol–water partition coefficient (Wildman–Crippen LogP) is 3.37. The number of hydrogen-bond acceptors (Lipinski definition) is 4. The molecule has 0 radical (unpaired) electrons. The lowest BCUT2D eigenvalue weighted by atomic mass is 10.2. The lowest BCUT2D eigenvalue weighted by Gasteiger charge is -2.12. The predicted molar refractivity (Wildman–Crippen MR) is 88.1 cm³/mol. The minimum absolute atomic E-state index is 0.580. The van der Waals surface area contributed by atoms with E-state index in [1.54, 1.807) is 13.3 Å². The number of nitrogens with two attached hydrogens (primary N) is 1. The number of methoxy groups -OCH3 is 1. The second-order valence-corrected chi connectivity index (χ2v) is 5.24. The number of hydrogen-bond donors (Lipinski definition) is 1. The van der Waals surface area contributed by atoms with Gasteiger partial charge in [-0.15, -0.1) is 0 Å². The summed E-state index contributed by atoms with van der Waals surface area (Å²) in [5.74, 6) is 6.52. The minimum Gasteiger partial charge on any atom is -0.493 e. The third-order valence-corrected chi connectivity index (χ3v) is 3.67. The number of benzene rings is 2. The van der Waals surface area contributed by atoms with Crippen LogP contribution in [0.15, 0.2) is 52.0 Å². The zero-order valence-electron chi connectivity index (χ0n) is 11.8. The van der Waals surface area contributed by atoms with Gasteiger partial charge < -0.3 is 15.3 Å². The SMILES string of the molecule is COc1cc(C=NN)c(Br)cc1OCCc1ccccc1. The number of rotatable bonds is 6. The molecular weight excluding hydrogens is 332 g/mol. The summed E-state index contributed by atoms with van der Waals surface area (Å²) in [5, 5.41) is 3.52. The zero-order chi connectivity index (χ0) is 15.1. The number of hydrazone groups is 1. The Hall–Kier alpha value is -2.01. The summed E-state index contributed by atoms with van der Waals surface area (Å²) < 4.78 is 12.0. The first-order chi connectivity index (χ1) is 10.2. The number of ether oxygens (including phenoxy) is 2. The average Bonchev–Trinajstić information content (AvgIpc) is 2.51. The van der Waals surface area contributed by atoms with Crippen molar-refractivity contribution in [1.82, 2.24) is 0 Å². The van der Waals surface area contributed by atoms with Crippen LogP contribution in [0.5, 0.6) is 11.5 Å². The Balaban J connectivity index is 2.07. The van der Waals surface area contributed by atoms with Crippen molar-refractivity contribution in [2.75, 3.05) is 13.7 Å². The van der Waals surface area contributed by atoms with Crippen molar-refractivity contribution in [2.45, 2.75) is 6.42 Å². The molecule has 5 heteroatoms. The third-order valence-electron chi connectivity index (χ3n) is 2.99. The van der Waals surface area contributed by atoms with Crippen LogP contribution in [0.4, 0.5) is 0 Å². The molecule has 0 aliphatic carbocycles. The summed E-state index contributed by atoms with van der Waals surface area (Å²) in [6.45, 7) is 0.580. The highest BCUT2D eigenvalue weighted by Crippen LogP contribution is 2.33. The van der Waals surface area contributed by atoms with Crippen LogP contribution in [0.2, 0.25) is 0 Å². The molecule has 2 aromatic rings. The van der Waals surface area contributed by atoms with Gasteiger partial charge in [0.25, 0.3) is 0 Å². The summed E-state index contributed by atoms with van der Waals surface area (Å²) in [4.78, 5) is 0. The van der Waals surface area contributed by atoms with Crippen LogP contribution in [0, 0.1) is 0 Å². The van der Waals surface area contributed by atoms with Gasteiger partial charge in [-0.25, -0.2) is 0 Å². The highest BCUT2D eigenvalue weighted by Gasteiger charge is 2.09. The first-order valence-electron chi connectivity index (χ1n) is 6.52. The van der Waals surface area contributed by atoms with Gasteiger partial charge in [-0.3, -0.25) is 0 Å². The summed E-state index contributed by atoms with van der Waals surface area (Å²) in [6.07, 6.45) is 2.40. The fourth-order valence-electron chi connectivity index (χ4n) is 1.93. The monoisotopic (exact) mass is 348 g/mol. The Kier molecular flexibility index (Phi) is 5.63. The molecule has 4 nitrogen and oxygen atoms in total. The van der Waals surface area contributed by atoms with Gasteiger partial charge in [0.15, 0.2) is 11.5 Å².